The molecule has 2 heterocycles. The van der Waals surface area contributed by atoms with Crippen LogP contribution in [0.25, 0.3) is 44.1 Å². The standard InChI is InChI=1S/2C13H9N3O/c2*14-13(17)8-4-3-7-11-12(8)16-10-6-2-1-5-9(10)15-11/h2*1-7H,(H2,14,17). The van der Waals surface area contributed by atoms with Gasteiger partial charge in [-0.3, -0.25) is 9.59 Å². The van der Waals surface area contributed by atoms with Crippen molar-refractivity contribution >= 4 is 55.9 Å². The van der Waals surface area contributed by atoms with Crippen molar-refractivity contribution < 1.29 is 9.59 Å². The van der Waals surface area contributed by atoms with E-state index in [1.807, 2.05) is 60.7 Å². The van der Waals surface area contributed by atoms with Crippen molar-refractivity contribution in [3.05, 3.63) is 96.1 Å². The molecule has 0 saturated heterocycles. The maximum absolute atomic E-state index is 11.3. The van der Waals surface area contributed by atoms with E-state index < -0.39 is 11.8 Å². The number of carbonyl (C=O) groups excluding carboxylic acids is 2. The summed E-state index contributed by atoms with van der Waals surface area (Å²) in [5.74, 6) is -0.972. The molecule has 0 aliphatic rings. The summed E-state index contributed by atoms with van der Waals surface area (Å²) in [6.07, 6.45) is 0. The second-order valence-corrected chi connectivity index (χ2v) is 7.50. The molecule has 8 heteroatoms. The van der Waals surface area contributed by atoms with Crippen LogP contribution in [0.15, 0.2) is 84.9 Å². The molecule has 0 saturated carbocycles. The predicted octanol–water partition coefficient (Wildman–Crippen LogP) is 3.76. The van der Waals surface area contributed by atoms with E-state index in [1.54, 1.807) is 24.3 Å². The maximum Gasteiger partial charge on any atom is 0.250 e. The third-order valence-corrected chi connectivity index (χ3v) is 5.27. The molecule has 2 aromatic heterocycles. The van der Waals surface area contributed by atoms with Gasteiger partial charge in [0, 0.05) is 0 Å². The highest BCUT2D eigenvalue weighted by Gasteiger charge is 2.10. The third-order valence-electron chi connectivity index (χ3n) is 5.27. The molecule has 164 valence electrons. The van der Waals surface area contributed by atoms with E-state index in [-0.39, 0.29) is 0 Å². The van der Waals surface area contributed by atoms with Crippen molar-refractivity contribution in [3.63, 3.8) is 0 Å². The summed E-state index contributed by atoms with van der Waals surface area (Å²) in [4.78, 5) is 40.4. The summed E-state index contributed by atoms with van der Waals surface area (Å²) in [5.41, 5.74) is 17.0. The van der Waals surface area contributed by atoms with Gasteiger partial charge in [-0.1, -0.05) is 36.4 Å². The zero-order valence-electron chi connectivity index (χ0n) is 17.8. The summed E-state index contributed by atoms with van der Waals surface area (Å²) >= 11 is 0. The molecule has 0 spiro atoms. The lowest BCUT2D eigenvalue weighted by Gasteiger charge is -2.03. The smallest absolute Gasteiger partial charge is 0.250 e. The van der Waals surface area contributed by atoms with Crippen LogP contribution in [-0.2, 0) is 0 Å². The van der Waals surface area contributed by atoms with E-state index >= 15 is 0 Å². The number of primary amides is 2. The summed E-state index contributed by atoms with van der Waals surface area (Å²) in [7, 11) is 0. The van der Waals surface area contributed by atoms with Crippen molar-refractivity contribution in [2.24, 2.45) is 11.5 Å². The van der Waals surface area contributed by atoms with Crippen LogP contribution in [0.3, 0.4) is 0 Å². The molecule has 8 nitrogen and oxygen atoms in total. The lowest BCUT2D eigenvalue weighted by molar-refractivity contribution is 0.0993. The highest BCUT2D eigenvalue weighted by molar-refractivity contribution is 6.06. The van der Waals surface area contributed by atoms with Crippen molar-refractivity contribution in [3.8, 4) is 0 Å². The molecular formula is C26H18N6O2. The van der Waals surface area contributed by atoms with Crippen LogP contribution >= 0.6 is 0 Å². The Bertz CT molecular complexity index is 1600. The van der Waals surface area contributed by atoms with Gasteiger partial charge in [-0.05, 0) is 48.5 Å². The van der Waals surface area contributed by atoms with Crippen LogP contribution in [0.4, 0.5) is 0 Å². The fourth-order valence-corrected chi connectivity index (χ4v) is 3.68. The van der Waals surface area contributed by atoms with E-state index in [1.165, 1.54) is 0 Å². The molecule has 0 atom stereocenters. The molecule has 0 aliphatic carbocycles. The minimum absolute atomic E-state index is 0.403. The fraction of sp³-hybridized carbons (Fsp3) is 0. The van der Waals surface area contributed by atoms with Gasteiger partial charge < -0.3 is 11.5 Å². The molecule has 34 heavy (non-hydrogen) atoms. The number of nitrogens with two attached hydrogens (primary N) is 2. The van der Waals surface area contributed by atoms with Gasteiger partial charge in [-0.25, -0.2) is 19.9 Å². The van der Waals surface area contributed by atoms with Crippen LogP contribution in [0.5, 0.6) is 0 Å². The number of nitrogens with zero attached hydrogens (tertiary/aromatic N) is 4. The number of hydrogen-bond acceptors (Lipinski definition) is 6. The van der Waals surface area contributed by atoms with Crippen molar-refractivity contribution in [1.82, 2.24) is 19.9 Å². The van der Waals surface area contributed by atoms with E-state index in [0.717, 1.165) is 22.1 Å². The van der Waals surface area contributed by atoms with Crippen molar-refractivity contribution in [2.45, 2.75) is 0 Å². The van der Waals surface area contributed by atoms with Gasteiger partial charge in [-0.15, -0.1) is 0 Å². The fourth-order valence-electron chi connectivity index (χ4n) is 3.68. The highest BCUT2D eigenvalue weighted by atomic mass is 16.1. The zero-order chi connectivity index (χ0) is 23.7. The summed E-state index contributed by atoms with van der Waals surface area (Å²) in [6, 6.07) is 25.5. The molecule has 2 amide bonds. The molecule has 0 unspecified atom stereocenters. The Hall–Kier alpha value is -4.98. The Morgan fingerprint density at radius 2 is 0.765 bits per heavy atom. The van der Waals surface area contributed by atoms with Gasteiger partial charge in [-0.2, -0.15) is 0 Å². The summed E-state index contributed by atoms with van der Waals surface area (Å²) < 4.78 is 0. The van der Waals surface area contributed by atoms with Crippen LogP contribution in [-0.4, -0.2) is 31.8 Å². The summed E-state index contributed by atoms with van der Waals surface area (Å²) in [6.45, 7) is 0. The Kier molecular flexibility index (Phi) is 5.23. The Morgan fingerprint density at radius 3 is 1.12 bits per heavy atom. The number of aromatic nitrogens is 4. The van der Waals surface area contributed by atoms with E-state index in [9.17, 15) is 9.59 Å². The summed E-state index contributed by atoms with van der Waals surface area (Å²) in [5, 5.41) is 0. The van der Waals surface area contributed by atoms with E-state index in [2.05, 4.69) is 19.9 Å². The van der Waals surface area contributed by atoms with Crippen LogP contribution < -0.4 is 11.5 Å². The molecule has 6 rings (SSSR count). The monoisotopic (exact) mass is 446 g/mol. The van der Waals surface area contributed by atoms with Gasteiger partial charge in [0.2, 0.25) is 0 Å². The molecule has 0 bridgehead atoms. The normalized spacial score (nSPS) is 10.8. The number of amides is 2. The highest BCUT2D eigenvalue weighted by Crippen LogP contribution is 2.20. The number of para-hydroxylation sites is 6. The van der Waals surface area contributed by atoms with Crippen molar-refractivity contribution in [2.75, 3.05) is 0 Å². The first-order chi connectivity index (χ1) is 16.5. The Balaban J connectivity index is 0.000000142. The Morgan fingerprint density at radius 1 is 0.441 bits per heavy atom. The maximum atomic E-state index is 11.3. The number of rotatable bonds is 2. The van der Waals surface area contributed by atoms with Gasteiger partial charge in [0.25, 0.3) is 11.8 Å². The van der Waals surface area contributed by atoms with Gasteiger partial charge >= 0.3 is 0 Å². The topological polar surface area (TPSA) is 138 Å². The Labute approximate surface area is 193 Å². The van der Waals surface area contributed by atoms with Crippen LogP contribution in [0.1, 0.15) is 20.7 Å². The minimum Gasteiger partial charge on any atom is -0.366 e. The first-order valence-corrected chi connectivity index (χ1v) is 10.4. The third kappa shape index (κ3) is 3.84. The quantitative estimate of drug-likeness (QED) is 0.388. The average molecular weight is 446 g/mol. The number of fused-ring (bicyclic) bond motifs is 4. The average Bonchev–Trinajstić information content (AvgIpc) is 2.85. The molecule has 4 N–H and O–H groups in total. The lowest BCUT2D eigenvalue weighted by atomic mass is 10.1. The second-order valence-electron chi connectivity index (χ2n) is 7.50. The first-order valence-electron chi connectivity index (χ1n) is 10.4. The molecular weight excluding hydrogens is 428 g/mol. The molecule has 0 fully saturated rings. The SMILES string of the molecule is NC(=O)c1cccc2nc3ccccc3nc12.NC(=O)c1cccc2nc3ccccc3nc12. The second kappa shape index (κ2) is 8.51. The van der Waals surface area contributed by atoms with Crippen molar-refractivity contribution in [1.29, 1.82) is 0 Å². The number of benzene rings is 4. The largest absolute Gasteiger partial charge is 0.366 e. The van der Waals surface area contributed by atoms with E-state index in [4.69, 9.17) is 11.5 Å². The predicted molar refractivity (Wildman–Crippen MR) is 131 cm³/mol. The van der Waals surface area contributed by atoms with Gasteiger partial charge in [0.1, 0.15) is 11.0 Å². The first kappa shape index (κ1) is 20.9. The van der Waals surface area contributed by atoms with E-state index in [0.29, 0.717) is 33.2 Å². The lowest BCUT2D eigenvalue weighted by Crippen LogP contribution is -2.12. The number of carbonyl (C=O) groups is 2. The van der Waals surface area contributed by atoms with Crippen LogP contribution in [0.2, 0.25) is 0 Å². The molecule has 6 aromatic rings. The molecule has 4 aromatic carbocycles. The molecule has 0 radical (unpaired) electrons. The zero-order valence-corrected chi connectivity index (χ0v) is 17.8. The van der Waals surface area contributed by atoms with Gasteiger partial charge in [0.15, 0.2) is 0 Å². The molecule has 0 aliphatic heterocycles. The van der Waals surface area contributed by atoms with Gasteiger partial charge in [0.05, 0.1) is 44.2 Å². The van der Waals surface area contributed by atoms with Crippen LogP contribution in [0, 0.1) is 0 Å². The minimum atomic E-state index is -0.486. The number of hydrogen-bond donors (Lipinski definition) is 2.